The first-order valence-electron chi connectivity index (χ1n) is 3.10. The molecule has 0 radical (unpaired) electrons. The van der Waals surface area contributed by atoms with Crippen LogP contribution in [-0.4, -0.2) is 12.1 Å². The smallest absolute Gasteiger partial charge is 0.180 e. The van der Waals surface area contributed by atoms with Crippen molar-refractivity contribution in [3.05, 3.63) is 18.4 Å². The number of nitrogens with zero attached hydrogens (tertiary/aromatic N) is 1. The van der Waals surface area contributed by atoms with Crippen LogP contribution in [0, 0.1) is 0 Å². The lowest BCUT2D eigenvalue weighted by atomic mass is 10.1. The number of hydrogen-bond donors (Lipinski definition) is 0. The van der Waals surface area contributed by atoms with Crippen molar-refractivity contribution in [1.29, 1.82) is 0 Å². The summed E-state index contributed by atoms with van der Waals surface area (Å²) in [7, 11) is 1.65. The van der Waals surface area contributed by atoms with Gasteiger partial charge < -0.3 is 9.15 Å². The molecule has 0 saturated heterocycles. The van der Waals surface area contributed by atoms with Crippen LogP contribution in [0.15, 0.2) is 17.1 Å². The van der Waals surface area contributed by atoms with E-state index in [1.165, 1.54) is 6.39 Å². The molecule has 0 bridgehead atoms. The maximum absolute atomic E-state index is 5.16. The number of ether oxygens (including phenoxy) is 1. The Kier molecular flexibility index (Phi) is 1.76. The monoisotopic (exact) mass is 141 g/mol. The minimum absolute atomic E-state index is 0.340. The molecule has 0 aromatic carbocycles. The fourth-order valence-corrected chi connectivity index (χ4v) is 0.614. The summed E-state index contributed by atoms with van der Waals surface area (Å²) < 4.78 is 9.97. The molecule has 0 aliphatic rings. The molecule has 0 N–H and O–H groups in total. The van der Waals surface area contributed by atoms with Gasteiger partial charge in [0, 0.05) is 7.11 Å². The Morgan fingerprint density at radius 2 is 2.30 bits per heavy atom. The van der Waals surface area contributed by atoms with Gasteiger partial charge in [0.2, 0.25) is 0 Å². The molecule has 0 amide bonds. The second-order valence-electron chi connectivity index (χ2n) is 2.59. The molecule has 3 heteroatoms. The van der Waals surface area contributed by atoms with E-state index in [4.69, 9.17) is 9.15 Å². The fraction of sp³-hybridized carbons (Fsp3) is 0.571. The SMILES string of the molecule is COC(C)(C)c1cocn1. The Balaban J connectivity index is 2.85. The van der Waals surface area contributed by atoms with Crippen LogP contribution < -0.4 is 0 Å². The van der Waals surface area contributed by atoms with Gasteiger partial charge in [-0.05, 0) is 13.8 Å². The second-order valence-corrected chi connectivity index (χ2v) is 2.59. The summed E-state index contributed by atoms with van der Waals surface area (Å²) in [6.07, 6.45) is 2.99. The molecule has 0 atom stereocenters. The van der Waals surface area contributed by atoms with E-state index in [1.807, 2.05) is 13.8 Å². The lowest BCUT2D eigenvalue weighted by Gasteiger charge is -2.18. The van der Waals surface area contributed by atoms with Gasteiger partial charge >= 0.3 is 0 Å². The zero-order chi connectivity index (χ0) is 7.61. The number of oxazole rings is 1. The molecular formula is C7H11NO2. The van der Waals surface area contributed by atoms with E-state index >= 15 is 0 Å². The van der Waals surface area contributed by atoms with Crippen molar-refractivity contribution < 1.29 is 9.15 Å². The summed E-state index contributed by atoms with van der Waals surface area (Å²) in [5, 5.41) is 0. The largest absolute Gasteiger partial charge is 0.451 e. The Bertz CT molecular complexity index is 191. The van der Waals surface area contributed by atoms with Crippen LogP contribution in [0.5, 0.6) is 0 Å². The molecular weight excluding hydrogens is 130 g/mol. The molecule has 0 aliphatic carbocycles. The normalized spacial score (nSPS) is 11.9. The molecule has 0 spiro atoms. The molecule has 3 nitrogen and oxygen atoms in total. The first-order valence-corrected chi connectivity index (χ1v) is 3.10. The van der Waals surface area contributed by atoms with E-state index in [1.54, 1.807) is 13.4 Å². The van der Waals surface area contributed by atoms with E-state index in [0.29, 0.717) is 0 Å². The quantitative estimate of drug-likeness (QED) is 0.626. The highest BCUT2D eigenvalue weighted by molar-refractivity contribution is 5.02. The van der Waals surface area contributed by atoms with Crippen molar-refractivity contribution in [2.75, 3.05) is 7.11 Å². The molecule has 1 rings (SSSR count). The molecule has 0 fully saturated rings. The zero-order valence-electron chi connectivity index (χ0n) is 6.42. The topological polar surface area (TPSA) is 35.3 Å². The lowest BCUT2D eigenvalue weighted by molar-refractivity contribution is 0.0154. The third-order valence-electron chi connectivity index (χ3n) is 1.56. The van der Waals surface area contributed by atoms with Gasteiger partial charge in [0.15, 0.2) is 6.39 Å². The van der Waals surface area contributed by atoms with Gasteiger partial charge in [-0.2, -0.15) is 0 Å². The van der Waals surface area contributed by atoms with E-state index in [9.17, 15) is 0 Å². The highest BCUT2D eigenvalue weighted by Crippen LogP contribution is 2.20. The summed E-state index contributed by atoms with van der Waals surface area (Å²) >= 11 is 0. The van der Waals surface area contributed by atoms with Crippen LogP contribution in [-0.2, 0) is 10.3 Å². The summed E-state index contributed by atoms with van der Waals surface area (Å²) in [5.74, 6) is 0. The van der Waals surface area contributed by atoms with Crippen LogP contribution >= 0.6 is 0 Å². The van der Waals surface area contributed by atoms with Crippen molar-refractivity contribution in [1.82, 2.24) is 4.98 Å². The Morgan fingerprint density at radius 1 is 1.60 bits per heavy atom. The van der Waals surface area contributed by atoms with Crippen molar-refractivity contribution >= 4 is 0 Å². The van der Waals surface area contributed by atoms with Crippen molar-refractivity contribution in [2.24, 2.45) is 0 Å². The number of hydrogen-bond acceptors (Lipinski definition) is 3. The average Bonchev–Trinajstić information content (AvgIpc) is 2.38. The van der Waals surface area contributed by atoms with Crippen LogP contribution in [0.4, 0.5) is 0 Å². The van der Waals surface area contributed by atoms with E-state index in [2.05, 4.69) is 4.98 Å². The van der Waals surface area contributed by atoms with Gasteiger partial charge in [0.25, 0.3) is 0 Å². The van der Waals surface area contributed by atoms with Gasteiger partial charge in [0.1, 0.15) is 17.6 Å². The van der Waals surface area contributed by atoms with Gasteiger partial charge in [0.05, 0.1) is 0 Å². The average molecular weight is 141 g/mol. The van der Waals surface area contributed by atoms with Crippen molar-refractivity contribution in [2.45, 2.75) is 19.4 Å². The predicted octanol–water partition coefficient (Wildman–Crippen LogP) is 1.56. The fourth-order valence-electron chi connectivity index (χ4n) is 0.614. The number of aromatic nitrogens is 1. The summed E-state index contributed by atoms with van der Waals surface area (Å²) in [6, 6.07) is 0. The Labute approximate surface area is 60.0 Å². The number of rotatable bonds is 2. The van der Waals surface area contributed by atoms with Crippen LogP contribution in [0.2, 0.25) is 0 Å². The second kappa shape index (κ2) is 2.42. The van der Waals surface area contributed by atoms with Crippen LogP contribution in [0.3, 0.4) is 0 Å². The van der Waals surface area contributed by atoms with Gasteiger partial charge in [-0.1, -0.05) is 0 Å². The van der Waals surface area contributed by atoms with Crippen molar-refractivity contribution in [3.63, 3.8) is 0 Å². The summed E-state index contributed by atoms with van der Waals surface area (Å²) in [6.45, 7) is 3.87. The molecule has 0 saturated carbocycles. The van der Waals surface area contributed by atoms with Crippen LogP contribution in [0.1, 0.15) is 19.5 Å². The third kappa shape index (κ3) is 1.19. The molecule has 10 heavy (non-hydrogen) atoms. The highest BCUT2D eigenvalue weighted by atomic mass is 16.5. The molecule has 56 valence electrons. The summed E-state index contributed by atoms with van der Waals surface area (Å²) in [4.78, 5) is 3.97. The first kappa shape index (κ1) is 7.28. The number of methoxy groups -OCH3 is 1. The van der Waals surface area contributed by atoms with E-state index < -0.39 is 0 Å². The van der Waals surface area contributed by atoms with E-state index in [0.717, 1.165) is 5.69 Å². The lowest BCUT2D eigenvalue weighted by Crippen LogP contribution is -2.19. The minimum Gasteiger partial charge on any atom is -0.451 e. The van der Waals surface area contributed by atoms with E-state index in [-0.39, 0.29) is 5.60 Å². The standard InChI is InChI=1S/C7H11NO2/c1-7(2,9-3)6-4-10-5-8-6/h4-5H,1-3H3. The maximum Gasteiger partial charge on any atom is 0.180 e. The molecule has 1 aromatic heterocycles. The van der Waals surface area contributed by atoms with Gasteiger partial charge in [-0.25, -0.2) is 4.98 Å². The molecule has 1 heterocycles. The molecule has 1 aromatic rings. The Morgan fingerprint density at radius 3 is 2.70 bits per heavy atom. The highest BCUT2D eigenvalue weighted by Gasteiger charge is 2.21. The molecule has 0 aliphatic heterocycles. The predicted molar refractivity (Wildman–Crippen MR) is 36.5 cm³/mol. The van der Waals surface area contributed by atoms with Gasteiger partial charge in [-0.3, -0.25) is 0 Å². The summed E-state index contributed by atoms with van der Waals surface area (Å²) in [5.41, 5.74) is 0.475. The first-order chi connectivity index (χ1) is 4.67. The third-order valence-corrected chi connectivity index (χ3v) is 1.56. The van der Waals surface area contributed by atoms with Gasteiger partial charge in [-0.15, -0.1) is 0 Å². The van der Waals surface area contributed by atoms with Crippen LogP contribution in [0.25, 0.3) is 0 Å². The maximum atomic E-state index is 5.16. The minimum atomic E-state index is -0.340. The molecule has 0 unspecified atom stereocenters. The zero-order valence-corrected chi connectivity index (χ0v) is 6.42. The van der Waals surface area contributed by atoms with Crippen molar-refractivity contribution in [3.8, 4) is 0 Å². The Hall–Kier alpha value is -0.830.